The highest BCUT2D eigenvalue weighted by Gasteiger charge is 1.97. The minimum Gasteiger partial charge on any atom is -0.467 e. The highest BCUT2D eigenvalue weighted by Crippen LogP contribution is 2.06. The van der Waals surface area contributed by atoms with Gasteiger partial charge in [-0.3, -0.25) is 4.98 Å². The first-order valence-electron chi connectivity index (χ1n) is 5.66. The van der Waals surface area contributed by atoms with E-state index in [0.29, 0.717) is 24.2 Å². The predicted molar refractivity (Wildman–Crippen MR) is 68.5 cm³/mol. The van der Waals surface area contributed by atoms with Crippen molar-refractivity contribution in [2.45, 2.75) is 13.0 Å². The monoisotopic (exact) mass is 267 g/mol. The SMILES string of the molecule is Clc1cncc(NCCCOCc2ccco2)n1. The quantitative estimate of drug-likeness (QED) is 0.782. The summed E-state index contributed by atoms with van der Waals surface area (Å²) < 4.78 is 10.6. The minimum absolute atomic E-state index is 0.383. The molecule has 5 nitrogen and oxygen atoms in total. The second kappa shape index (κ2) is 6.98. The Labute approximate surface area is 110 Å². The molecule has 2 aromatic heterocycles. The molecule has 2 rings (SSSR count). The molecule has 2 aromatic rings. The fourth-order valence-corrected chi connectivity index (χ4v) is 1.53. The van der Waals surface area contributed by atoms with Crippen LogP contribution in [0.15, 0.2) is 35.2 Å². The maximum absolute atomic E-state index is 5.72. The van der Waals surface area contributed by atoms with Crippen molar-refractivity contribution in [2.75, 3.05) is 18.5 Å². The van der Waals surface area contributed by atoms with Crippen LogP contribution in [0.4, 0.5) is 5.82 Å². The summed E-state index contributed by atoms with van der Waals surface area (Å²) in [5.74, 6) is 1.51. The highest BCUT2D eigenvalue weighted by molar-refractivity contribution is 6.29. The summed E-state index contributed by atoms with van der Waals surface area (Å²) in [4.78, 5) is 8.00. The second-order valence-electron chi connectivity index (χ2n) is 3.64. The maximum Gasteiger partial charge on any atom is 0.149 e. The van der Waals surface area contributed by atoms with E-state index in [9.17, 15) is 0 Å². The number of halogens is 1. The molecule has 0 saturated heterocycles. The van der Waals surface area contributed by atoms with E-state index >= 15 is 0 Å². The molecule has 0 fully saturated rings. The van der Waals surface area contributed by atoms with Crippen molar-refractivity contribution in [3.05, 3.63) is 41.7 Å². The normalized spacial score (nSPS) is 10.5. The zero-order valence-electron chi connectivity index (χ0n) is 9.80. The van der Waals surface area contributed by atoms with E-state index in [1.807, 2.05) is 12.1 Å². The van der Waals surface area contributed by atoms with Gasteiger partial charge in [0, 0.05) is 13.2 Å². The molecule has 96 valence electrons. The number of ether oxygens (including phenoxy) is 1. The number of hydrogen-bond donors (Lipinski definition) is 1. The lowest BCUT2D eigenvalue weighted by atomic mass is 10.4. The molecule has 0 bridgehead atoms. The lowest BCUT2D eigenvalue weighted by Gasteiger charge is -2.05. The Morgan fingerprint density at radius 1 is 1.39 bits per heavy atom. The van der Waals surface area contributed by atoms with Crippen LogP contribution in [0.2, 0.25) is 5.15 Å². The molecule has 0 unspecified atom stereocenters. The van der Waals surface area contributed by atoms with Crippen molar-refractivity contribution in [1.29, 1.82) is 0 Å². The summed E-state index contributed by atoms with van der Waals surface area (Å²) >= 11 is 5.72. The first-order valence-corrected chi connectivity index (χ1v) is 6.04. The Hall–Kier alpha value is -1.59. The zero-order valence-corrected chi connectivity index (χ0v) is 10.6. The van der Waals surface area contributed by atoms with E-state index < -0.39 is 0 Å². The Bertz CT molecular complexity index is 462. The third kappa shape index (κ3) is 4.35. The first-order chi connectivity index (χ1) is 8.84. The van der Waals surface area contributed by atoms with Gasteiger partial charge in [0.15, 0.2) is 0 Å². The summed E-state index contributed by atoms with van der Waals surface area (Å²) in [5, 5.41) is 3.50. The van der Waals surface area contributed by atoms with Crippen LogP contribution in [0, 0.1) is 0 Å². The van der Waals surface area contributed by atoms with Gasteiger partial charge in [0.25, 0.3) is 0 Å². The average molecular weight is 268 g/mol. The number of aromatic nitrogens is 2. The summed E-state index contributed by atoms with van der Waals surface area (Å²) in [6.45, 7) is 1.92. The van der Waals surface area contributed by atoms with Gasteiger partial charge in [0.05, 0.1) is 18.7 Å². The molecular formula is C12H14ClN3O2. The number of rotatable bonds is 7. The van der Waals surface area contributed by atoms with Gasteiger partial charge >= 0.3 is 0 Å². The van der Waals surface area contributed by atoms with E-state index in [2.05, 4.69) is 15.3 Å². The van der Waals surface area contributed by atoms with Crippen LogP contribution < -0.4 is 5.32 Å². The Kier molecular flexibility index (Phi) is 4.99. The van der Waals surface area contributed by atoms with Crippen molar-refractivity contribution in [3.63, 3.8) is 0 Å². The lowest BCUT2D eigenvalue weighted by molar-refractivity contribution is 0.106. The molecule has 0 saturated carbocycles. The molecule has 0 atom stereocenters. The fraction of sp³-hybridized carbons (Fsp3) is 0.333. The largest absolute Gasteiger partial charge is 0.467 e. The predicted octanol–water partition coefficient (Wildman–Crippen LogP) is 2.74. The zero-order chi connectivity index (χ0) is 12.6. The molecule has 0 spiro atoms. The number of hydrogen-bond acceptors (Lipinski definition) is 5. The van der Waals surface area contributed by atoms with E-state index in [0.717, 1.165) is 18.7 Å². The Balaban J connectivity index is 1.56. The van der Waals surface area contributed by atoms with Gasteiger partial charge in [0.2, 0.25) is 0 Å². The van der Waals surface area contributed by atoms with Crippen molar-refractivity contribution < 1.29 is 9.15 Å². The number of anilines is 1. The fourth-order valence-electron chi connectivity index (χ4n) is 1.39. The third-order valence-electron chi connectivity index (χ3n) is 2.20. The number of nitrogens with zero attached hydrogens (tertiary/aromatic N) is 2. The van der Waals surface area contributed by atoms with Crippen LogP contribution in [-0.4, -0.2) is 23.1 Å². The first kappa shape index (κ1) is 12.9. The standard InChI is InChI=1S/C12H14ClN3O2/c13-11-7-14-8-12(16-11)15-4-2-5-17-9-10-3-1-6-18-10/h1,3,6-8H,2,4-5,9H2,(H,15,16). The maximum atomic E-state index is 5.72. The summed E-state index contributed by atoms with van der Waals surface area (Å²) in [6.07, 6.45) is 5.64. The number of nitrogens with one attached hydrogen (secondary N) is 1. The van der Waals surface area contributed by atoms with E-state index in [-0.39, 0.29) is 0 Å². The molecule has 0 aliphatic heterocycles. The van der Waals surface area contributed by atoms with Crippen LogP contribution in [0.25, 0.3) is 0 Å². The molecule has 0 aromatic carbocycles. The van der Waals surface area contributed by atoms with Gasteiger partial charge in [0.1, 0.15) is 23.3 Å². The van der Waals surface area contributed by atoms with Crippen LogP contribution in [0.1, 0.15) is 12.2 Å². The second-order valence-corrected chi connectivity index (χ2v) is 4.03. The van der Waals surface area contributed by atoms with Crippen LogP contribution in [0.3, 0.4) is 0 Å². The van der Waals surface area contributed by atoms with Crippen molar-refractivity contribution in [1.82, 2.24) is 9.97 Å². The van der Waals surface area contributed by atoms with Crippen LogP contribution in [0.5, 0.6) is 0 Å². The Morgan fingerprint density at radius 2 is 2.33 bits per heavy atom. The van der Waals surface area contributed by atoms with Gasteiger partial charge in [-0.25, -0.2) is 4.98 Å². The molecule has 0 amide bonds. The van der Waals surface area contributed by atoms with Gasteiger partial charge in [-0.2, -0.15) is 0 Å². The molecular weight excluding hydrogens is 254 g/mol. The van der Waals surface area contributed by atoms with E-state index in [1.54, 1.807) is 12.5 Å². The number of furan rings is 1. The minimum atomic E-state index is 0.383. The van der Waals surface area contributed by atoms with Crippen molar-refractivity contribution in [2.24, 2.45) is 0 Å². The van der Waals surface area contributed by atoms with Gasteiger partial charge < -0.3 is 14.5 Å². The van der Waals surface area contributed by atoms with Crippen molar-refractivity contribution in [3.8, 4) is 0 Å². The van der Waals surface area contributed by atoms with Gasteiger partial charge in [-0.05, 0) is 18.6 Å². The summed E-state index contributed by atoms with van der Waals surface area (Å²) in [5.41, 5.74) is 0. The van der Waals surface area contributed by atoms with Crippen LogP contribution in [-0.2, 0) is 11.3 Å². The lowest BCUT2D eigenvalue weighted by Crippen LogP contribution is -2.07. The van der Waals surface area contributed by atoms with Crippen molar-refractivity contribution >= 4 is 17.4 Å². The molecule has 0 radical (unpaired) electrons. The molecule has 0 aliphatic carbocycles. The molecule has 18 heavy (non-hydrogen) atoms. The van der Waals surface area contributed by atoms with E-state index in [4.69, 9.17) is 20.8 Å². The summed E-state index contributed by atoms with van der Waals surface area (Å²) in [6, 6.07) is 3.73. The van der Waals surface area contributed by atoms with Gasteiger partial charge in [-0.15, -0.1) is 0 Å². The smallest absolute Gasteiger partial charge is 0.149 e. The molecule has 1 N–H and O–H groups in total. The average Bonchev–Trinajstić information content (AvgIpc) is 2.87. The highest BCUT2D eigenvalue weighted by atomic mass is 35.5. The molecule has 0 aliphatic rings. The topological polar surface area (TPSA) is 60.2 Å². The van der Waals surface area contributed by atoms with Crippen LogP contribution >= 0.6 is 11.6 Å². The Morgan fingerprint density at radius 3 is 3.11 bits per heavy atom. The van der Waals surface area contributed by atoms with E-state index in [1.165, 1.54) is 6.20 Å². The summed E-state index contributed by atoms with van der Waals surface area (Å²) in [7, 11) is 0. The molecule has 6 heteroatoms. The third-order valence-corrected chi connectivity index (χ3v) is 2.38. The molecule has 2 heterocycles. The van der Waals surface area contributed by atoms with Gasteiger partial charge in [-0.1, -0.05) is 11.6 Å².